The summed E-state index contributed by atoms with van der Waals surface area (Å²) in [6, 6.07) is 6.21. The molecule has 10 rings (SSSR count). The van der Waals surface area contributed by atoms with E-state index in [4.69, 9.17) is 0 Å². The molecule has 0 bridgehead atoms. The van der Waals surface area contributed by atoms with E-state index in [1.165, 1.54) is 239 Å². The highest BCUT2D eigenvalue weighted by Gasteiger charge is 2.21. The maximum Gasteiger partial charge on any atom is 0.0110 e. The molecule has 1 atom stereocenters. The summed E-state index contributed by atoms with van der Waals surface area (Å²) in [4.78, 5) is 17.6. The van der Waals surface area contributed by atoms with Crippen LogP contribution < -0.4 is 10.6 Å². The van der Waals surface area contributed by atoms with Gasteiger partial charge in [-0.2, -0.15) is 0 Å². The monoisotopic (exact) mass is 1140 g/mol. The maximum atomic E-state index is 3.46. The molecule has 2 aliphatic carbocycles. The van der Waals surface area contributed by atoms with Crippen LogP contribution >= 0.6 is 0 Å². The molecule has 486 valence electrons. The van der Waals surface area contributed by atoms with E-state index in [0.717, 1.165) is 91.0 Å². The van der Waals surface area contributed by atoms with Gasteiger partial charge in [-0.25, -0.2) is 0 Å². The molecule has 0 spiro atoms. The molecule has 81 heavy (non-hydrogen) atoms. The molecule has 2 N–H and O–H groups in total. The quantitative estimate of drug-likeness (QED) is 0.223. The Kier molecular flexibility index (Phi) is 47.2. The Labute approximate surface area is 511 Å². The summed E-state index contributed by atoms with van der Waals surface area (Å²) >= 11 is 0. The molecule has 0 aromatic rings. The number of hydrogen-bond donors (Lipinski definition) is 2. The van der Waals surface area contributed by atoms with E-state index >= 15 is 0 Å². The van der Waals surface area contributed by atoms with Crippen molar-refractivity contribution >= 4 is 0 Å². The van der Waals surface area contributed by atoms with Crippen LogP contribution in [0.1, 0.15) is 280 Å². The van der Waals surface area contributed by atoms with Gasteiger partial charge in [0, 0.05) is 74.5 Å². The lowest BCUT2D eigenvalue weighted by Gasteiger charge is -2.34. The topological polar surface area (TPSA) is 46.7 Å². The van der Waals surface area contributed by atoms with Crippen molar-refractivity contribution in [2.24, 2.45) is 29.6 Å². The van der Waals surface area contributed by atoms with E-state index < -0.39 is 0 Å². The summed E-state index contributed by atoms with van der Waals surface area (Å²) in [7, 11) is 0. The highest BCUT2D eigenvalue weighted by Crippen LogP contribution is 2.31. The molecular weight excluding hydrogens is 991 g/mol. The van der Waals surface area contributed by atoms with Crippen LogP contribution in [-0.2, 0) is 0 Å². The fourth-order valence-corrected chi connectivity index (χ4v) is 12.6. The minimum Gasteiger partial charge on any atom is -0.314 e. The van der Waals surface area contributed by atoms with Crippen molar-refractivity contribution in [1.29, 1.82) is 0 Å². The molecule has 2 saturated carbocycles. The number of rotatable bonds is 10. The van der Waals surface area contributed by atoms with E-state index in [1.807, 2.05) is 0 Å². The minimum absolute atomic E-state index is 0.729. The third-order valence-corrected chi connectivity index (χ3v) is 19.7. The van der Waals surface area contributed by atoms with Crippen LogP contribution in [0.25, 0.3) is 0 Å². The van der Waals surface area contributed by atoms with Gasteiger partial charge < -0.3 is 40.0 Å². The molecule has 9 nitrogen and oxygen atoms in total. The van der Waals surface area contributed by atoms with Gasteiger partial charge in [-0.15, -0.1) is 0 Å². The normalized spacial score (nSPS) is 23.6. The van der Waals surface area contributed by atoms with Gasteiger partial charge in [-0.1, -0.05) is 112 Å². The van der Waals surface area contributed by atoms with Gasteiger partial charge in [0.25, 0.3) is 0 Å². The smallest absolute Gasteiger partial charge is 0.0110 e. The average Bonchev–Trinajstić information content (AvgIpc) is 4.24. The molecule has 10 fully saturated rings. The van der Waals surface area contributed by atoms with Gasteiger partial charge in [-0.05, 0) is 282 Å². The van der Waals surface area contributed by atoms with E-state index in [9.17, 15) is 0 Å². The van der Waals surface area contributed by atoms with Gasteiger partial charge in [0.15, 0.2) is 0 Å². The number of hydrogen-bond acceptors (Lipinski definition) is 9. The van der Waals surface area contributed by atoms with Crippen molar-refractivity contribution in [2.75, 3.05) is 111 Å². The zero-order chi connectivity index (χ0) is 60.5. The average molecular weight is 1150 g/mol. The van der Waals surface area contributed by atoms with Crippen molar-refractivity contribution in [3.05, 3.63) is 0 Å². The first-order valence-corrected chi connectivity index (χ1v) is 36.2. The second-order valence-corrected chi connectivity index (χ2v) is 29.4. The Morgan fingerprint density at radius 3 is 0.617 bits per heavy atom. The fraction of sp³-hybridized carbons (Fsp3) is 1.00. The van der Waals surface area contributed by atoms with E-state index in [2.05, 4.69) is 183 Å². The minimum atomic E-state index is 0.729. The van der Waals surface area contributed by atoms with Crippen molar-refractivity contribution < 1.29 is 0 Å². The van der Waals surface area contributed by atoms with Gasteiger partial charge in [0.2, 0.25) is 0 Å². The third-order valence-electron chi connectivity index (χ3n) is 19.7. The number of piperidine rings is 2. The summed E-state index contributed by atoms with van der Waals surface area (Å²) in [5.74, 6) is 4.83. The molecule has 0 amide bonds. The first-order chi connectivity index (χ1) is 38.5. The molecule has 8 saturated heterocycles. The Bertz CT molecular complexity index is 1130. The largest absolute Gasteiger partial charge is 0.314 e. The SMILES string of the molecule is CC(C)C1CCCC1.CC(C)C1CCCCC1.CC(C)C1CCCN1.CC(C)N1CCC1.CC(C)N1CCC1.CC(C)N1CCC1.CC(C)N1CCCC1.CC(C)N1CCCCC1.CC(C)N1CCCCC1.CC(C)N1CCNCC1. The lowest BCUT2D eigenvalue weighted by Crippen LogP contribution is -2.46. The number of nitrogens with zero attached hydrogens (tertiary/aromatic N) is 7. The van der Waals surface area contributed by atoms with E-state index in [1.54, 1.807) is 0 Å². The lowest BCUT2D eigenvalue weighted by molar-refractivity contribution is 0.138. The van der Waals surface area contributed by atoms with Crippen LogP contribution in [0.3, 0.4) is 0 Å². The van der Waals surface area contributed by atoms with Crippen molar-refractivity contribution in [3.63, 3.8) is 0 Å². The zero-order valence-electron chi connectivity index (χ0n) is 59.2. The highest BCUT2D eigenvalue weighted by atomic mass is 15.2. The third kappa shape index (κ3) is 39.2. The predicted octanol–water partition coefficient (Wildman–Crippen LogP) is 16.3. The Morgan fingerprint density at radius 1 is 0.222 bits per heavy atom. The second-order valence-electron chi connectivity index (χ2n) is 29.4. The van der Waals surface area contributed by atoms with Crippen molar-refractivity contribution in [3.8, 4) is 0 Å². The first kappa shape index (κ1) is 78.7. The number of likely N-dealkylation sites (tertiary alicyclic amines) is 6. The highest BCUT2D eigenvalue weighted by molar-refractivity contribution is 4.77. The van der Waals surface area contributed by atoms with Crippen LogP contribution in [0.15, 0.2) is 0 Å². The van der Waals surface area contributed by atoms with Crippen LogP contribution in [0.5, 0.6) is 0 Å². The van der Waals surface area contributed by atoms with Crippen molar-refractivity contribution in [1.82, 2.24) is 44.9 Å². The lowest BCUT2D eigenvalue weighted by atomic mass is 9.82. The van der Waals surface area contributed by atoms with E-state index in [0.29, 0.717) is 0 Å². The van der Waals surface area contributed by atoms with Crippen LogP contribution in [-0.4, -0.2) is 194 Å². The van der Waals surface area contributed by atoms with E-state index in [-0.39, 0.29) is 0 Å². The molecule has 0 radical (unpaired) electrons. The summed E-state index contributed by atoms with van der Waals surface area (Å²) < 4.78 is 0. The zero-order valence-corrected chi connectivity index (χ0v) is 59.2. The Morgan fingerprint density at radius 2 is 0.457 bits per heavy atom. The Balaban J connectivity index is 0.000000451. The molecule has 8 heterocycles. The van der Waals surface area contributed by atoms with Crippen LogP contribution in [0.2, 0.25) is 0 Å². The number of piperazine rings is 1. The van der Waals surface area contributed by atoms with Gasteiger partial charge in [0.1, 0.15) is 0 Å². The summed E-state index contributed by atoms with van der Waals surface area (Å²) in [5.41, 5.74) is 0. The van der Waals surface area contributed by atoms with Crippen molar-refractivity contribution in [2.45, 2.75) is 328 Å². The van der Waals surface area contributed by atoms with Crippen LogP contribution in [0, 0.1) is 29.6 Å². The molecular formula is C72H153N9. The fourth-order valence-electron chi connectivity index (χ4n) is 12.6. The number of nitrogens with one attached hydrogen (secondary N) is 2. The molecule has 8 aliphatic heterocycles. The second kappa shape index (κ2) is 48.6. The summed E-state index contributed by atoms with van der Waals surface area (Å²) in [5, 5.41) is 6.78. The Hall–Kier alpha value is -0.360. The van der Waals surface area contributed by atoms with Gasteiger partial charge >= 0.3 is 0 Å². The molecule has 10 aliphatic rings. The molecule has 1 unspecified atom stereocenters. The standard InChI is InChI=1S/C9H18.2C8H17N.C8H16.C7H16N2.2C7H15N.3C6H13N/c3*1-8(2)9-6-4-3-5-7-9;1-7(2)8-5-3-4-6-8;1-7(2)9-5-3-8-4-6-9;1-7(2)8-5-3-4-6-8;1-6(2)7-4-3-5-8-7;3*1-6(2)7-4-3-5-7/h8-9H,3-7H2,1-2H3;2*8H,3-7H2,1-2H3;7-8H,3-6H2,1-2H3;7-8H,3-6H2,1-2H3;7H,3-6H2,1-2H3;6-8H,3-5H2,1-2H3;3*6H,3-5H2,1-2H3. The first-order valence-electron chi connectivity index (χ1n) is 36.2. The molecule has 9 heteroatoms. The summed E-state index contributed by atoms with van der Waals surface area (Å²) in [6.07, 6.45) is 31.8. The maximum absolute atomic E-state index is 3.46. The van der Waals surface area contributed by atoms with Gasteiger partial charge in [0.05, 0.1) is 0 Å². The molecule has 0 aromatic carbocycles. The molecule has 0 aromatic heterocycles. The predicted molar refractivity (Wildman–Crippen MR) is 365 cm³/mol. The van der Waals surface area contributed by atoms with Gasteiger partial charge in [-0.3, -0.25) is 4.90 Å². The van der Waals surface area contributed by atoms with Crippen LogP contribution in [0.4, 0.5) is 0 Å². The summed E-state index contributed by atoms with van der Waals surface area (Å²) in [6.45, 7) is 67.6.